The third-order valence-electron chi connectivity index (χ3n) is 5.60. The molecule has 1 aliphatic heterocycles. The minimum Gasteiger partial charge on any atom is -0.395 e. The number of nitrogens with zero attached hydrogens (tertiary/aromatic N) is 1. The predicted molar refractivity (Wildman–Crippen MR) is 109 cm³/mol. The highest BCUT2D eigenvalue weighted by atomic mass is 16.3. The van der Waals surface area contributed by atoms with Crippen molar-refractivity contribution >= 4 is 5.91 Å². The van der Waals surface area contributed by atoms with Crippen LogP contribution in [-0.4, -0.2) is 48.2 Å². The molecule has 0 bridgehead atoms. The molecule has 1 aliphatic rings. The Balaban J connectivity index is 1.79. The van der Waals surface area contributed by atoms with Gasteiger partial charge in [-0.25, -0.2) is 0 Å². The van der Waals surface area contributed by atoms with Crippen LogP contribution in [0, 0.1) is 5.41 Å². The van der Waals surface area contributed by atoms with Gasteiger partial charge in [0.2, 0.25) is 5.91 Å². The molecule has 4 heteroatoms. The van der Waals surface area contributed by atoms with Crippen LogP contribution in [0.4, 0.5) is 0 Å². The summed E-state index contributed by atoms with van der Waals surface area (Å²) in [4.78, 5) is 15.3. The highest BCUT2D eigenvalue weighted by molar-refractivity contribution is 5.83. The molecule has 2 aromatic rings. The van der Waals surface area contributed by atoms with Gasteiger partial charge in [-0.1, -0.05) is 54.6 Å². The van der Waals surface area contributed by atoms with Gasteiger partial charge >= 0.3 is 0 Å². The number of benzene rings is 2. The van der Waals surface area contributed by atoms with Crippen LogP contribution in [0.15, 0.2) is 54.6 Å². The maximum atomic E-state index is 12.9. The second-order valence-corrected chi connectivity index (χ2v) is 7.81. The Bertz CT molecular complexity index is 743. The molecular weight excluding hydrogens is 336 g/mol. The first kappa shape index (κ1) is 19.6. The van der Waals surface area contributed by atoms with E-state index < -0.39 is 5.41 Å². The van der Waals surface area contributed by atoms with E-state index in [-0.39, 0.29) is 12.5 Å². The van der Waals surface area contributed by atoms with E-state index in [2.05, 4.69) is 60.5 Å². The van der Waals surface area contributed by atoms with E-state index in [1.807, 2.05) is 18.2 Å². The van der Waals surface area contributed by atoms with Crippen LogP contribution in [0.2, 0.25) is 0 Å². The molecule has 0 saturated carbocycles. The summed E-state index contributed by atoms with van der Waals surface area (Å²) in [6.07, 6.45) is 1.57. The van der Waals surface area contributed by atoms with E-state index >= 15 is 0 Å². The number of amides is 1. The standard InChI is InChI=1S/C23H30N2O2/c1-18(2)25-14-12-23(17-25,22(27)24-13-15-26)16-19-8-10-21(11-9-19)20-6-4-3-5-7-20/h3-11,18,26H,12-17H2,1-2H3,(H,24,27)/t23-/m1/s1. The average Bonchev–Trinajstić information content (AvgIpc) is 3.13. The van der Waals surface area contributed by atoms with E-state index in [1.165, 1.54) is 16.7 Å². The van der Waals surface area contributed by atoms with Gasteiger partial charge in [-0.15, -0.1) is 0 Å². The molecule has 3 rings (SSSR count). The first-order chi connectivity index (χ1) is 13.0. The van der Waals surface area contributed by atoms with Gasteiger partial charge in [0.05, 0.1) is 12.0 Å². The quantitative estimate of drug-likeness (QED) is 0.792. The average molecular weight is 367 g/mol. The van der Waals surface area contributed by atoms with Gasteiger partial charge < -0.3 is 10.4 Å². The number of nitrogens with one attached hydrogen (secondary N) is 1. The molecule has 2 aromatic carbocycles. The summed E-state index contributed by atoms with van der Waals surface area (Å²) >= 11 is 0. The Morgan fingerprint density at radius 3 is 2.37 bits per heavy atom. The third kappa shape index (κ3) is 4.57. The Morgan fingerprint density at radius 2 is 1.78 bits per heavy atom. The predicted octanol–water partition coefficient (Wildman–Crippen LogP) is 3.11. The molecule has 2 N–H and O–H groups in total. The van der Waals surface area contributed by atoms with Crippen molar-refractivity contribution < 1.29 is 9.90 Å². The summed E-state index contributed by atoms with van der Waals surface area (Å²) in [6, 6.07) is 19.3. The van der Waals surface area contributed by atoms with Gasteiger partial charge in [0.1, 0.15) is 0 Å². The van der Waals surface area contributed by atoms with Crippen LogP contribution in [0.1, 0.15) is 25.8 Å². The molecule has 27 heavy (non-hydrogen) atoms. The number of hydrogen-bond donors (Lipinski definition) is 2. The first-order valence-electron chi connectivity index (χ1n) is 9.82. The van der Waals surface area contributed by atoms with Crippen LogP contribution in [0.25, 0.3) is 11.1 Å². The lowest BCUT2D eigenvalue weighted by Crippen LogP contribution is -2.46. The number of hydrogen-bond acceptors (Lipinski definition) is 3. The monoisotopic (exact) mass is 366 g/mol. The van der Waals surface area contributed by atoms with E-state index in [4.69, 9.17) is 5.11 Å². The molecule has 0 radical (unpaired) electrons. The SMILES string of the molecule is CC(C)N1CC[C@](Cc2ccc(-c3ccccc3)cc2)(C(=O)NCCO)C1. The lowest BCUT2D eigenvalue weighted by atomic mass is 9.79. The minimum absolute atomic E-state index is 0.0263. The van der Waals surface area contributed by atoms with Crippen LogP contribution in [-0.2, 0) is 11.2 Å². The molecule has 1 amide bonds. The smallest absolute Gasteiger partial charge is 0.227 e. The van der Waals surface area contributed by atoms with Crippen LogP contribution in [0.5, 0.6) is 0 Å². The zero-order valence-corrected chi connectivity index (χ0v) is 16.3. The van der Waals surface area contributed by atoms with Crippen molar-refractivity contribution in [2.24, 2.45) is 5.41 Å². The Morgan fingerprint density at radius 1 is 1.11 bits per heavy atom. The highest BCUT2D eigenvalue weighted by Gasteiger charge is 2.44. The largest absolute Gasteiger partial charge is 0.395 e. The van der Waals surface area contributed by atoms with Gasteiger partial charge in [-0.05, 0) is 49.9 Å². The fourth-order valence-corrected chi connectivity index (χ4v) is 3.95. The Hall–Kier alpha value is -2.17. The molecule has 1 heterocycles. The molecule has 1 atom stereocenters. The molecule has 1 saturated heterocycles. The van der Waals surface area contributed by atoms with Crippen molar-refractivity contribution in [3.8, 4) is 11.1 Å². The van der Waals surface area contributed by atoms with Gasteiger partial charge in [0, 0.05) is 19.1 Å². The van der Waals surface area contributed by atoms with E-state index in [0.29, 0.717) is 12.6 Å². The Kier molecular flexibility index (Phi) is 6.30. The minimum atomic E-state index is -0.423. The van der Waals surface area contributed by atoms with Crippen molar-refractivity contribution in [1.82, 2.24) is 10.2 Å². The summed E-state index contributed by atoms with van der Waals surface area (Å²) in [5.74, 6) is 0.0619. The molecule has 0 spiro atoms. The van der Waals surface area contributed by atoms with Crippen molar-refractivity contribution in [1.29, 1.82) is 0 Å². The van der Waals surface area contributed by atoms with Crippen molar-refractivity contribution in [3.05, 3.63) is 60.2 Å². The van der Waals surface area contributed by atoms with Crippen molar-refractivity contribution in [3.63, 3.8) is 0 Å². The molecule has 0 unspecified atom stereocenters. The number of aliphatic hydroxyl groups is 1. The maximum Gasteiger partial charge on any atom is 0.227 e. The van der Waals surface area contributed by atoms with E-state index in [0.717, 1.165) is 25.9 Å². The number of likely N-dealkylation sites (tertiary alicyclic amines) is 1. The molecule has 1 fully saturated rings. The van der Waals surface area contributed by atoms with E-state index in [1.54, 1.807) is 0 Å². The number of aliphatic hydroxyl groups excluding tert-OH is 1. The molecular formula is C23H30N2O2. The van der Waals surface area contributed by atoms with Crippen LogP contribution < -0.4 is 5.32 Å². The number of carbonyl (C=O) groups excluding carboxylic acids is 1. The van der Waals surface area contributed by atoms with Crippen LogP contribution in [0.3, 0.4) is 0 Å². The number of rotatable bonds is 7. The summed E-state index contributed by atoms with van der Waals surface area (Å²) in [5, 5.41) is 12.0. The van der Waals surface area contributed by atoms with Crippen molar-refractivity contribution in [2.75, 3.05) is 26.2 Å². The summed E-state index contributed by atoms with van der Waals surface area (Å²) < 4.78 is 0. The fourth-order valence-electron chi connectivity index (χ4n) is 3.95. The zero-order valence-electron chi connectivity index (χ0n) is 16.3. The number of carbonyl (C=O) groups is 1. The maximum absolute atomic E-state index is 12.9. The summed E-state index contributed by atoms with van der Waals surface area (Å²) in [5.41, 5.74) is 3.15. The normalized spacial score (nSPS) is 20.1. The fraction of sp³-hybridized carbons (Fsp3) is 0.435. The molecule has 0 aromatic heterocycles. The second kappa shape index (κ2) is 8.68. The molecule has 0 aliphatic carbocycles. The van der Waals surface area contributed by atoms with Gasteiger partial charge in [0.15, 0.2) is 0 Å². The highest BCUT2D eigenvalue weighted by Crippen LogP contribution is 2.36. The third-order valence-corrected chi connectivity index (χ3v) is 5.60. The summed E-state index contributed by atoms with van der Waals surface area (Å²) in [6.45, 7) is 6.35. The van der Waals surface area contributed by atoms with Gasteiger partial charge in [-0.3, -0.25) is 9.69 Å². The first-order valence-corrected chi connectivity index (χ1v) is 9.82. The van der Waals surface area contributed by atoms with Gasteiger partial charge in [-0.2, -0.15) is 0 Å². The molecule has 144 valence electrons. The van der Waals surface area contributed by atoms with E-state index in [9.17, 15) is 4.79 Å². The lowest BCUT2D eigenvalue weighted by molar-refractivity contribution is -0.130. The van der Waals surface area contributed by atoms with Crippen LogP contribution >= 0.6 is 0 Å². The molecule has 4 nitrogen and oxygen atoms in total. The Labute approximate surface area is 162 Å². The topological polar surface area (TPSA) is 52.6 Å². The van der Waals surface area contributed by atoms with Crippen molar-refractivity contribution in [2.45, 2.75) is 32.7 Å². The summed E-state index contributed by atoms with van der Waals surface area (Å²) in [7, 11) is 0. The lowest BCUT2D eigenvalue weighted by Gasteiger charge is -2.29. The van der Waals surface area contributed by atoms with Gasteiger partial charge in [0.25, 0.3) is 0 Å². The zero-order chi connectivity index (χ0) is 19.3. The second-order valence-electron chi connectivity index (χ2n) is 7.81.